The number of hydrogen-bond acceptors (Lipinski definition) is 2. The number of hydrogen-bond donors (Lipinski definition) is 2. The van der Waals surface area contributed by atoms with Gasteiger partial charge < -0.3 is 16.0 Å². The molecule has 0 bridgehead atoms. The molecule has 1 aliphatic rings. The van der Waals surface area contributed by atoms with Crippen LogP contribution in [-0.4, -0.2) is 37.0 Å². The number of piperidine rings is 1. The fraction of sp³-hybridized carbons (Fsp3) is 0.562. The Kier molecular flexibility index (Phi) is 8.03. The fourth-order valence-electron chi connectivity index (χ4n) is 2.64. The van der Waals surface area contributed by atoms with Crippen LogP contribution >= 0.6 is 24.0 Å². The normalized spacial score (nSPS) is 19.9. The Labute approximate surface area is 145 Å². The summed E-state index contributed by atoms with van der Waals surface area (Å²) < 4.78 is 0. The van der Waals surface area contributed by atoms with Crippen LogP contribution in [0.2, 0.25) is 0 Å². The zero-order valence-corrected chi connectivity index (χ0v) is 15.3. The van der Waals surface area contributed by atoms with Crippen molar-refractivity contribution in [2.45, 2.75) is 26.7 Å². The van der Waals surface area contributed by atoms with Gasteiger partial charge in [-0.2, -0.15) is 0 Å². The second kappa shape index (κ2) is 9.25. The van der Waals surface area contributed by atoms with Gasteiger partial charge >= 0.3 is 0 Å². The van der Waals surface area contributed by atoms with Crippen LogP contribution in [0, 0.1) is 12.8 Å². The number of nitrogens with one attached hydrogen (secondary N) is 1. The van der Waals surface area contributed by atoms with Crippen LogP contribution in [0.5, 0.6) is 0 Å². The molecule has 0 aliphatic carbocycles. The molecule has 4 nitrogen and oxygen atoms in total. The summed E-state index contributed by atoms with van der Waals surface area (Å²) in [7, 11) is 0. The molecule has 0 amide bonds. The van der Waals surface area contributed by atoms with Crippen LogP contribution < -0.4 is 11.1 Å². The molecule has 2 rings (SSSR count). The molecule has 1 unspecified atom stereocenters. The van der Waals surface area contributed by atoms with Crippen molar-refractivity contribution in [3.63, 3.8) is 0 Å². The van der Waals surface area contributed by atoms with E-state index in [0.717, 1.165) is 25.3 Å². The third kappa shape index (κ3) is 6.22. The van der Waals surface area contributed by atoms with E-state index in [4.69, 9.17) is 5.73 Å². The first-order chi connectivity index (χ1) is 9.67. The lowest BCUT2D eigenvalue weighted by molar-refractivity contribution is 0.187. The smallest absolute Gasteiger partial charge is 0.193 e. The lowest BCUT2D eigenvalue weighted by Crippen LogP contribution is -2.36. The second-order valence-electron chi connectivity index (χ2n) is 5.62. The van der Waals surface area contributed by atoms with Crippen molar-refractivity contribution in [2.75, 3.05) is 31.5 Å². The molecule has 1 atom stereocenters. The molecule has 1 aromatic rings. The number of halogens is 1. The predicted octanol–water partition coefficient (Wildman–Crippen LogP) is 3.07. The monoisotopic (exact) mass is 402 g/mol. The minimum absolute atomic E-state index is 0. The first-order valence-corrected chi connectivity index (χ1v) is 7.53. The molecule has 1 heterocycles. The SMILES string of the molecule is CCN1CCCC(CN=C(N)Nc2ccc(C)cc2)C1.I. The highest BCUT2D eigenvalue weighted by atomic mass is 127. The summed E-state index contributed by atoms with van der Waals surface area (Å²) in [5, 5.41) is 3.15. The van der Waals surface area contributed by atoms with E-state index in [0.29, 0.717) is 11.9 Å². The molecule has 0 aromatic heterocycles. The molecular formula is C16H27IN4. The van der Waals surface area contributed by atoms with Gasteiger partial charge in [-0.3, -0.25) is 4.99 Å². The van der Waals surface area contributed by atoms with E-state index in [1.165, 1.54) is 24.9 Å². The van der Waals surface area contributed by atoms with Crippen LogP contribution in [0.4, 0.5) is 5.69 Å². The highest BCUT2D eigenvalue weighted by Gasteiger charge is 2.18. The van der Waals surface area contributed by atoms with Gasteiger partial charge in [0.25, 0.3) is 0 Å². The first-order valence-electron chi connectivity index (χ1n) is 7.53. The van der Waals surface area contributed by atoms with Crippen LogP contribution in [-0.2, 0) is 0 Å². The van der Waals surface area contributed by atoms with Gasteiger partial charge in [-0.15, -0.1) is 24.0 Å². The maximum atomic E-state index is 5.95. The third-order valence-corrected chi connectivity index (χ3v) is 3.89. The number of aliphatic imine (C=N–C) groups is 1. The molecule has 1 fully saturated rings. The Morgan fingerprint density at radius 2 is 2.10 bits per heavy atom. The van der Waals surface area contributed by atoms with Gasteiger partial charge in [0.1, 0.15) is 0 Å². The van der Waals surface area contributed by atoms with Gasteiger partial charge in [-0.1, -0.05) is 24.6 Å². The van der Waals surface area contributed by atoms with Gasteiger partial charge in [0.2, 0.25) is 0 Å². The molecule has 1 saturated heterocycles. The van der Waals surface area contributed by atoms with Crippen molar-refractivity contribution < 1.29 is 0 Å². The molecule has 0 radical (unpaired) electrons. The first kappa shape index (κ1) is 18.2. The van der Waals surface area contributed by atoms with Crippen molar-refractivity contribution in [1.29, 1.82) is 0 Å². The maximum absolute atomic E-state index is 5.95. The number of aryl methyl sites for hydroxylation is 1. The van der Waals surface area contributed by atoms with Crippen LogP contribution in [0.3, 0.4) is 0 Å². The molecule has 0 saturated carbocycles. The van der Waals surface area contributed by atoms with E-state index >= 15 is 0 Å². The van der Waals surface area contributed by atoms with E-state index in [1.54, 1.807) is 0 Å². The number of nitrogens with two attached hydrogens (primary N) is 1. The Morgan fingerprint density at radius 1 is 1.38 bits per heavy atom. The number of anilines is 1. The average Bonchev–Trinajstić information content (AvgIpc) is 2.48. The van der Waals surface area contributed by atoms with Crippen molar-refractivity contribution in [3.05, 3.63) is 29.8 Å². The van der Waals surface area contributed by atoms with Crippen molar-refractivity contribution >= 4 is 35.6 Å². The molecular weight excluding hydrogens is 375 g/mol. The molecule has 5 heteroatoms. The molecule has 1 aliphatic heterocycles. The summed E-state index contributed by atoms with van der Waals surface area (Å²) in [4.78, 5) is 6.98. The topological polar surface area (TPSA) is 53.6 Å². The number of rotatable bonds is 4. The van der Waals surface area contributed by atoms with E-state index in [-0.39, 0.29) is 24.0 Å². The molecule has 3 N–H and O–H groups in total. The predicted molar refractivity (Wildman–Crippen MR) is 102 cm³/mol. The average molecular weight is 402 g/mol. The van der Waals surface area contributed by atoms with Gasteiger partial charge in [0.15, 0.2) is 5.96 Å². The lowest BCUT2D eigenvalue weighted by atomic mass is 9.98. The van der Waals surface area contributed by atoms with Crippen LogP contribution in [0.1, 0.15) is 25.3 Å². The fourth-order valence-corrected chi connectivity index (χ4v) is 2.64. The molecule has 1 aromatic carbocycles. The molecule has 21 heavy (non-hydrogen) atoms. The van der Waals surface area contributed by atoms with E-state index in [9.17, 15) is 0 Å². The van der Waals surface area contributed by atoms with Crippen molar-refractivity contribution in [3.8, 4) is 0 Å². The van der Waals surface area contributed by atoms with Gasteiger partial charge in [0.05, 0.1) is 0 Å². The Morgan fingerprint density at radius 3 is 2.76 bits per heavy atom. The number of guanidine groups is 1. The Balaban J connectivity index is 0.00000220. The second-order valence-corrected chi connectivity index (χ2v) is 5.62. The zero-order valence-electron chi connectivity index (χ0n) is 13.0. The highest BCUT2D eigenvalue weighted by molar-refractivity contribution is 14.0. The maximum Gasteiger partial charge on any atom is 0.193 e. The number of benzene rings is 1. The largest absolute Gasteiger partial charge is 0.370 e. The van der Waals surface area contributed by atoms with Gasteiger partial charge in [-0.05, 0) is 50.9 Å². The minimum atomic E-state index is 0. The quantitative estimate of drug-likeness (QED) is 0.463. The summed E-state index contributed by atoms with van der Waals surface area (Å²) >= 11 is 0. The number of nitrogens with zero attached hydrogens (tertiary/aromatic N) is 2. The zero-order chi connectivity index (χ0) is 14.4. The third-order valence-electron chi connectivity index (χ3n) is 3.89. The summed E-state index contributed by atoms with van der Waals surface area (Å²) in [5.74, 6) is 1.16. The highest BCUT2D eigenvalue weighted by Crippen LogP contribution is 2.16. The summed E-state index contributed by atoms with van der Waals surface area (Å²) in [5.41, 5.74) is 8.19. The van der Waals surface area contributed by atoms with E-state index < -0.39 is 0 Å². The molecule has 118 valence electrons. The van der Waals surface area contributed by atoms with Gasteiger partial charge in [0, 0.05) is 18.8 Å². The summed E-state index contributed by atoms with van der Waals surface area (Å²) in [6, 6.07) is 8.18. The number of likely N-dealkylation sites (tertiary alicyclic amines) is 1. The van der Waals surface area contributed by atoms with Gasteiger partial charge in [-0.25, -0.2) is 0 Å². The Hall–Kier alpha value is -0.820. The summed E-state index contributed by atoms with van der Waals surface area (Å²) in [6.07, 6.45) is 2.54. The molecule has 0 spiro atoms. The van der Waals surface area contributed by atoms with Crippen LogP contribution in [0.25, 0.3) is 0 Å². The van der Waals surface area contributed by atoms with E-state index in [1.807, 2.05) is 12.1 Å². The standard InChI is InChI=1S/C16H26N4.HI/c1-3-20-10-4-5-14(12-20)11-18-16(17)19-15-8-6-13(2)7-9-15;/h6-9,14H,3-5,10-12H2,1-2H3,(H3,17,18,19);1H. The lowest BCUT2D eigenvalue weighted by Gasteiger charge is -2.30. The Bertz CT molecular complexity index is 444. The van der Waals surface area contributed by atoms with Crippen LogP contribution in [0.15, 0.2) is 29.3 Å². The van der Waals surface area contributed by atoms with Crippen molar-refractivity contribution in [2.24, 2.45) is 16.6 Å². The van der Waals surface area contributed by atoms with E-state index in [2.05, 4.69) is 41.2 Å². The minimum Gasteiger partial charge on any atom is -0.370 e. The van der Waals surface area contributed by atoms with Crippen molar-refractivity contribution in [1.82, 2.24) is 4.90 Å². The summed E-state index contributed by atoms with van der Waals surface area (Å²) in [6.45, 7) is 8.63.